The number of halogens is 2. The van der Waals surface area contributed by atoms with Crippen molar-refractivity contribution in [1.29, 1.82) is 0 Å². The third-order valence-corrected chi connectivity index (χ3v) is 5.05. The highest BCUT2D eigenvalue weighted by atomic mass is 35.5. The number of nitrogens with zero attached hydrogens (tertiary/aromatic N) is 1. The van der Waals surface area contributed by atoms with Crippen LogP contribution in [0.2, 0.25) is 0 Å². The normalized spacial score (nSPS) is 26.2. The summed E-state index contributed by atoms with van der Waals surface area (Å²) in [6.07, 6.45) is 5.59. The Labute approximate surface area is 148 Å². The summed E-state index contributed by atoms with van der Waals surface area (Å²) in [5.41, 5.74) is 0.594. The molecule has 3 rings (SSSR count). The van der Waals surface area contributed by atoms with E-state index in [2.05, 4.69) is 29.5 Å². The zero-order chi connectivity index (χ0) is 14.1. The number of amides is 1. The summed E-state index contributed by atoms with van der Waals surface area (Å²) in [5.74, 6) is 0.583. The number of hydrogen-bond donors (Lipinski definition) is 2. The highest BCUT2D eigenvalue weighted by Gasteiger charge is 2.34. The summed E-state index contributed by atoms with van der Waals surface area (Å²) >= 11 is 1.60. The van der Waals surface area contributed by atoms with Gasteiger partial charge in [0.1, 0.15) is 5.69 Å². The first kappa shape index (κ1) is 19.7. The number of aromatic nitrogens is 1. The molecule has 1 aromatic rings. The Morgan fingerprint density at radius 3 is 2.59 bits per heavy atom. The second-order valence-electron chi connectivity index (χ2n) is 6.50. The van der Waals surface area contributed by atoms with E-state index >= 15 is 0 Å². The van der Waals surface area contributed by atoms with Gasteiger partial charge in [-0.3, -0.25) is 4.79 Å². The van der Waals surface area contributed by atoms with Crippen LogP contribution in [0.3, 0.4) is 0 Å². The van der Waals surface area contributed by atoms with E-state index in [1.807, 2.05) is 5.38 Å². The minimum absolute atomic E-state index is 0. The molecule has 1 amide bonds. The maximum atomic E-state index is 12.3. The highest BCUT2D eigenvalue weighted by molar-refractivity contribution is 7.09. The molecule has 4 nitrogen and oxygen atoms in total. The number of carbonyl (C=O) groups excluding carboxylic acids is 1. The SMILES string of the molecule is CC(C)Cc1nc(C(=O)NC2CC3CCC(C2)N3)cs1.Cl.Cl. The van der Waals surface area contributed by atoms with Gasteiger partial charge in [0, 0.05) is 29.9 Å². The zero-order valence-electron chi connectivity index (χ0n) is 13.0. The molecule has 0 spiro atoms. The lowest BCUT2D eigenvalue weighted by atomic mass is 10.00. The van der Waals surface area contributed by atoms with E-state index in [9.17, 15) is 4.79 Å². The van der Waals surface area contributed by atoms with E-state index in [1.165, 1.54) is 12.8 Å². The van der Waals surface area contributed by atoms with E-state index < -0.39 is 0 Å². The molecular weight excluding hydrogens is 341 g/mol. The van der Waals surface area contributed by atoms with E-state index in [1.54, 1.807) is 11.3 Å². The lowest BCUT2D eigenvalue weighted by Crippen LogP contribution is -2.48. The van der Waals surface area contributed by atoms with E-state index in [-0.39, 0.29) is 30.7 Å². The second kappa shape index (κ2) is 8.48. The maximum absolute atomic E-state index is 12.3. The van der Waals surface area contributed by atoms with Crippen molar-refractivity contribution in [3.05, 3.63) is 16.1 Å². The molecule has 2 fully saturated rings. The van der Waals surface area contributed by atoms with Crippen molar-refractivity contribution >= 4 is 42.1 Å². The first-order chi connectivity index (χ1) is 9.60. The molecule has 2 unspecified atom stereocenters. The van der Waals surface area contributed by atoms with Gasteiger partial charge in [-0.15, -0.1) is 36.2 Å². The van der Waals surface area contributed by atoms with Crippen LogP contribution in [0.15, 0.2) is 5.38 Å². The molecule has 0 radical (unpaired) electrons. The molecule has 2 bridgehead atoms. The van der Waals surface area contributed by atoms with E-state index in [0.29, 0.717) is 29.7 Å². The van der Waals surface area contributed by atoms with E-state index in [4.69, 9.17) is 0 Å². The molecule has 0 aromatic carbocycles. The molecule has 2 aliphatic rings. The van der Waals surface area contributed by atoms with Gasteiger partial charge in [0.05, 0.1) is 5.01 Å². The number of nitrogens with one attached hydrogen (secondary N) is 2. The Hall–Kier alpha value is -0.360. The molecule has 2 atom stereocenters. The number of fused-ring (bicyclic) bond motifs is 2. The molecule has 22 heavy (non-hydrogen) atoms. The van der Waals surface area contributed by atoms with Crippen molar-refractivity contribution in [3.8, 4) is 0 Å². The minimum atomic E-state index is 0. The fourth-order valence-electron chi connectivity index (χ4n) is 3.29. The predicted octanol–water partition coefficient (Wildman–Crippen LogP) is 3.20. The van der Waals surface area contributed by atoms with Gasteiger partial charge in [0.25, 0.3) is 5.91 Å². The van der Waals surface area contributed by atoms with Crippen LogP contribution in [0.5, 0.6) is 0 Å². The monoisotopic (exact) mass is 365 g/mol. The van der Waals surface area contributed by atoms with Crippen molar-refractivity contribution in [1.82, 2.24) is 15.6 Å². The average Bonchev–Trinajstić information content (AvgIpc) is 2.96. The first-order valence-electron chi connectivity index (χ1n) is 7.61. The van der Waals surface area contributed by atoms with Gasteiger partial charge in [-0.2, -0.15) is 0 Å². The molecule has 0 saturated carbocycles. The van der Waals surface area contributed by atoms with Crippen LogP contribution in [-0.2, 0) is 6.42 Å². The Morgan fingerprint density at radius 1 is 1.36 bits per heavy atom. The Morgan fingerprint density at radius 2 is 2.00 bits per heavy atom. The summed E-state index contributed by atoms with van der Waals surface area (Å²) in [7, 11) is 0. The summed E-state index contributed by atoms with van der Waals surface area (Å²) < 4.78 is 0. The van der Waals surface area contributed by atoms with Crippen molar-refractivity contribution < 1.29 is 4.79 Å². The predicted molar refractivity (Wildman–Crippen MR) is 95.6 cm³/mol. The summed E-state index contributed by atoms with van der Waals surface area (Å²) in [5, 5.41) is 9.72. The fourth-order valence-corrected chi connectivity index (χ4v) is 4.28. The molecule has 2 N–H and O–H groups in total. The van der Waals surface area contributed by atoms with Crippen LogP contribution in [0.1, 0.15) is 55.0 Å². The van der Waals surface area contributed by atoms with Crippen LogP contribution in [0.4, 0.5) is 0 Å². The Balaban J connectivity index is 0.00000121. The van der Waals surface area contributed by atoms with Crippen molar-refractivity contribution in [2.45, 2.75) is 64.1 Å². The van der Waals surface area contributed by atoms with Crippen LogP contribution in [-0.4, -0.2) is 29.0 Å². The summed E-state index contributed by atoms with van der Waals surface area (Å²) in [6, 6.07) is 1.52. The minimum Gasteiger partial charge on any atom is -0.348 e. The number of piperidine rings is 1. The van der Waals surface area contributed by atoms with Crippen molar-refractivity contribution in [3.63, 3.8) is 0 Å². The van der Waals surface area contributed by atoms with Gasteiger partial charge in [-0.05, 0) is 31.6 Å². The number of carbonyl (C=O) groups is 1. The average molecular weight is 366 g/mol. The van der Waals surface area contributed by atoms with Gasteiger partial charge in [0.15, 0.2) is 0 Å². The zero-order valence-corrected chi connectivity index (χ0v) is 15.5. The van der Waals surface area contributed by atoms with Crippen LogP contribution in [0.25, 0.3) is 0 Å². The number of thiazole rings is 1. The maximum Gasteiger partial charge on any atom is 0.270 e. The Kier molecular flexibility index (Phi) is 7.59. The fraction of sp³-hybridized carbons (Fsp3) is 0.733. The van der Waals surface area contributed by atoms with Crippen molar-refractivity contribution in [2.24, 2.45) is 5.92 Å². The van der Waals surface area contributed by atoms with Gasteiger partial charge in [-0.1, -0.05) is 13.8 Å². The standard InChI is InChI=1S/C15H23N3OS.2ClH/c1-9(2)5-14-18-13(8-20-14)15(19)17-12-6-10-3-4-11(7-12)16-10;;/h8-12,16H,3-7H2,1-2H3,(H,17,19);2*1H. The molecule has 2 saturated heterocycles. The lowest BCUT2D eigenvalue weighted by molar-refractivity contribution is 0.0919. The van der Waals surface area contributed by atoms with Gasteiger partial charge >= 0.3 is 0 Å². The molecule has 3 heterocycles. The summed E-state index contributed by atoms with van der Waals surface area (Å²) in [6.45, 7) is 4.35. The second-order valence-corrected chi connectivity index (χ2v) is 7.45. The molecular formula is C15H25Cl2N3OS. The molecule has 2 aliphatic heterocycles. The van der Waals surface area contributed by atoms with Gasteiger partial charge in [0.2, 0.25) is 0 Å². The molecule has 0 aliphatic carbocycles. The quantitative estimate of drug-likeness (QED) is 0.861. The molecule has 1 aromatic heterocycles. The number of rotatable bonds is 4. The Bertz CT molecular complexity index is 483. The molecule has 126 valence electrons. The van der Waals surface area contributed by atoms with Crippen LogP contribution >= 0.6 is 36.2 Å². The summed E-state index contributed by atoms with van der Waals surface area (Å²) in [4.78, 5) is 16.7. The van der Waals surface area contributed by atoms with Gasteiger partial charge < -0.3 is 10.6 Å². The third-order valence-electron chi connectivity index (χ3n) is 4.18. The smallest absolute Gasteiger partial charge is 0.270 e. The topological polar surface area (TPSA) is 54.0 Å². The van der Waals surface area contributed by atoms with Crippen LogP contribution in [0, 0.1) is 5.92 Å². The third kappa shape index (κ3) is 4.82. The van der Waals surface area contributed by atoms with E-state index in [0.717, 1.165) is 24.3 Å². The first-order valence-corrected chi connectivity index (χ1v) is 8.49. The number of hydrogen-bond acceptors (Lipinski definition) is 4. The van der Waals surface area contributed by atoms with Gasteiger partial charge in [-0.25, -0.2) is 4.98 Å². The highest BCUT2D eigenvalue weighted by Crippen LogP contribution is 2.27. The largest absolute Gasteiger partial charge is 0.348 e. The van der Waals surface area contributed by atoms with Crippen LogP contribution < -0.4 is 10.6 Å². The lowest BCUT2D eigenvalue weighted by Gasteiger charge is -2.29. The molecule has 7 heteroatoms. The van der Waals surface area contributed by atoms with Crippen molar-refractivity contribution in [2.75, 3.05) is 0 Å².